The number of fused-ring (bicyclic) bond motifs is 1. The Morgan fingerprint density at radius 3 is 2.33 bits per heavy atom. The number of carbonyl (C=O) groups is 1. The molecular formula is C28H37ClN2OS. The summed E-state index contributed by atoms with van der Waals surface area (Å²) in [4.78, 5) is 13.0. The number of carbonyl (C=O) groups excluding carboxylic acids is 1. The van der Waals surface area contributed by atoms with Crippen molar-refractivity contribution in [2.75, 3.05) is 11.9 Å². The summed E-state index contributed by atoms with van der Waals surface area (Å²) in [6, 6.07) is 12.3. The van der Waals surface area contributed by atoms with Crippen LogP contribution in [-0.2, 0) is 0 Å². The fraction of sp³-hybridized carbons (Fsp3) is 0.464. The molecule has 5 heteroatoms. The van der Waals surface area contributed by atoms with Gasteiger partial charge in [0.05, 0.1) is 0 Å². The first-order valence-electron chi connectivity index (χ1n) is 12.2. The summed E-state index contributed by atoms with van der Waals surface area (Å²) in [6.45, 7) is 11.5. The smallest absolute Gasteiger partial charge is 0.319 e. The molecule has 3 aromatic rings. The van der Waals surface area contributed by atoms with E-state index in [2.05, 4.69) is 81.0 Å². The van der Waals surface area contributed by atoms with Gasteiger partial charge in [0.1, 0.15) is 0 Å². The van der Waals surface area contributed by atoms with Crippen molar-refractivity contribution < 1.29 is 4.79 Å². The lowest BCUT2D eigenvalue weighted by atomic mass is 9.92. The van der Waals surface area contributed by atoms with Gasteiger partial charge in [-0.15, -0.1) is 11.3 Å². The first-order valence-corrected chi connectivity index (χ1v) is 13.4. The number of halogens is 1. The van der Waals surface area contributed by atoms with E-state index < -0.39 is 0 Å². The second-order valence-electron chi connectivity index (χ2n) is 9.48. The lowest BCUT2D eigenvalue weighted by Crippen LogP contribution is -2.33. The number of urea groups is 1. The van der Waals surface area contributed by atoms with Gasteiger partial charge < -0.3 is 10.6 Å². The van der Waals surface area contributed by atoms with Crippen molar-refractivity contribution in [3.05, 3.63) is 63.5 Å². The van der Waals surface area contributed by atoms with Gasteiger partial charge in [-0.3, -0.25) is 0 Å². The molecule has 1 unspecified atom stereocenters. The summed E-state index contributed by atoms with van der Waals surface area (Å²) in [5, 5.41) is 10.6. The molecule has 2 amide bonds. The molecule has 0 bridgehead atoms. The highest BCUT2D eigenvalue weighted by Crippen LogP contribution is 2.36. The summed E-state index contributed by atoms with van der Waals surface area (Å²) in [7, 11) is 0. The van der Waals surface area contributed by atoms with Crippen LogP contribution >= 0.6 is 22.9 Å². The number of anilines is 1. The predicted molar refractivity (Wildman–Crippen MR) is 145 cm³/mol. The molecule has 33 heavy (non-hydrogen) atoms. The van der Waals surface area contributed by atoms with Gasteiger partial charge in [0.2, 0.25) is 0 Å². The number of benzene rings is 2. The maximum absolute atomic E-state index is 13.0. The highest BCUT2D eigenvalue weighted by molar-refractivity contribution is 7.17. The highest BCUT2D eigenvalue weighted by Gasteiger charge is 2.19. The van der Waals surface area contributed by atoms with E-state index in [1.165, 1.54) is 39.6 Å². The number of nitrogens with one attached hydrogen (secondary N) is 2. The molecule has 3 nitrogen and oxygen atoms in total. The Labute approximate surface area is 207 Å². The quantitative estimate of drug-likeness (QED) is 0.276. The molecule has 0 aliphatic heterocycles. The van der Waals surface area contributed by atoms with Crippen LogP contribution in [0.25, 0.3) is 10.1 Å². The Hall–Kier alpha value is -2.04. The van der Waals surface area contributed by atoms with Crippen LogP contribution in [0.2, 0.25) is 5.02 Å². The van der Waals surface area contributed by atoms with Gasteiger partial charge in [0, 0.05) is 27.9 Å². The minimum Gasteiger partial charge on any atom is -0.337 e. The summed E-state index contributed by atoms with van der Waals surface area (Å²) in [6.07, 6.45) is 4.58. The third kappa shape index (κ3) is 6.51. The van der Waals surface area contributed by atoms with Gasteiger partial charge in [0.25, 0.3) is 0 Å². The third-order valence-electron chi connectivity index (χ3n) is 6.28. The second-order valence-corrected chi connectivity index (χ2v) is 10.8. The fourth-order valence-electron chi connectivity index (χ4n) is 4.41. The van der Waals surface area contributed by atoms with E-state index in [-0.39, 0.29) is 11.9 Å². The van der Waals surface area contributed by atoms with E-state index in [1.54, 1.807) is 11.3 Å². The Morgan fingerprint density at radius 1 is 1.00 bits per heavy atom. The lowest BCUT2D eigenvalue weighted by Gasteiger charge is -2.22. The predicted octanol–water partition coefficient (Wildman–Crippen LogP) is 9.29. The molecular weight excluding hydrogens is 448 g/mol. The minimum absolute atomic E-state index is 0.136. The van der Waals surface area contributed by atoms with Crippen molar-refractivity contribution >= 4 is 44.7 Å². The van der Waals surface area contributed by atoms with E-state index in [0.717, 1.165) is 23.6 Å². The second kappa shape index (κ2) is 11.9. The monoisotopic (exact) mass is 484 g/mol. The van der Waals surface area contributed by atoms with E-state index in [9.17, 15) is 4.79 Å². The summed E-state index contributed by atoms with van der Waals surface area (Å²) in [5.41, 5.74) is 4.60. The molecule has 1 aromatic heterocycles. The number of para-hydroxylation sites is 1. The molecule has 3 rings (SSSR count). The van der Waals surface area contributed by atoms with E-state index >= 15 is 0 Å². The Balaban J connectivity index is 1.78. The first-order chi connectivity index (χ1) is 15.8. The largest absolute Gasteiger partial charge is 0.337 e. The molecule has 0 aliphatic carbocycles. The first kappa shape index (κ1) is 25.6. The Morgan fingerprint density at radius 2 is 1.70 bits per heavy atom. The SMILES string of the molecule is CCCCCC(CNC(=O)Nc1c(C(C)C)cccc1C(C)C)c1csc2ccc(Cl)cc12. The van der Waals surface area contributed by atoms with Crippen LogP contribution in [0.15, 0.2) is 41.8 Å². The van der Waals surface area contributed by atoms with Crippen LogP contribution < -0.4 is 10.6 Å². The molecule has 0 radical (unpaired) electrons. The molecule has 2 N–H and O–H groups in total. The molecule has 1 heterocycles. The van der Waals surface area contributed by atoms with E-state index in [1.807, 2.05) is 6.07 Å². The maximum atomic E-state index is 13.0. The van der Waals surface area contributed by atoms with Crippen LogP contribution in [0.4, 0.5) is 10.5 Å². The average molecular weight is 485 g/mol. The number of hydrogen-bond acceptors (Lipinski definition) is 2. The summed E-state index contributed by atoms with van der Waals surface area (Å²) in [5.74, 6) is 0.935. The molecule has 0 saturated heterocycles. The van der Waals surface area contributed by atoms with Crippen molar-refractivity contribution in [2.45, 2.75) is 78.1 Å². The number of amides is 2. The molecule has 178 valence electrons. The van der Waals surface area contributed by atoms with Crippen LogP contribution in [0.1, 0.15) is 94.7 Å². The fourth-order valence-corrected chi connectivity index (χ4v) is 5.61. The van der Waals surface area contributed by atoms with E-state index in [0.29, 0.717) is 18.4 Å². The van der Waals surface area contributed by atoms with Crippen molar-refractivity contribution in [1.82, 2.24) is 5.32 Å². The van der Waals surface area contributed by atoms with Gasteiger partial charge in [-0.2, -0.15) is 0 Å². The zero-order valence-corrected chi connectivity index (χ0v) is 22.1. The van der Waals surface area contributed by atoms with Gasteiger partial charge in [0.15, 0.2) is 0 Å². The van der Waals surface area contributed by atoms with Gasteiger partial charge in [-0.1, -0.05) is 83.7 Å². The van der Waals surface area contributed by atoms with Crippen LogP contribution in [-0.4, -0.2) is 12.6 Å². The molecule has 2 aromatic carbocycles. The van der Waals surface area contributed by atoms with Gasteiger partial charge >= 0.3 is 6.03 Å². The van der Waals surface area contributed by atoms with Crippen molar-refractivity contribution in [3.8, 4) is 0 Å². The normalized spacial score (nSPS) is 12.5. The zero-order valence-electron chi connectivity index (χ0n) is 20.5. The van der Waals surface area contributed by atoms with E-state index in [4.69, 9.17) is 11.6 Å². The summed E-state index contributed by atoms with van der Waals surface area (Å²) >= 11 is 8.05. The summed E-state index contributed by atoms with van der Waals surface area (Å²) < 4.78 is 1.24. The Bertz CT molecular complexity index is 1050. The maximum Gasteiger partial charge on any atom is 0.319 e. The number of thiophene rings is 1. The molecule has 1 atom stereocenters. The minimum atomic E-state index is -0.136. The van der Waals surface area contributed by atoms with Crippen molar-refractivity contribution in [2.24, 2.45) is 0 Å². The number of unbranched alkanes of at least 4 members (excludes halogenated alkanes) is 2. The molecule has 0 fully saturated rings. The highest BCUT2D eigenvalue weighted by atomic mass is 35.5. The van der Waals surface area contributed by atoms with Gasteiger partial charge in [-0.05, 0) is 63.9 Å². The lowest BCUT2D eigenvalue weighted by molar-refractivity contribution is 0.251. The number of rotatable bonds is 10. The standard InChI is InChI=1S/C28H37ClN2OS/c1-6-7-8-10-20(25-17-33-26-14-13-21(29)15-24(25)26)16-30-28(32)31-27-22(18(2)3)11-9-12-23(27)19(4)5/h9,11-15,17-20H,6-8,10,16H2,1-5H3,(H2,30,31,32). The molecule has 0 aliphatic rings. The topological polar surface area (TPSA) is 41.1 Å². The third-order valence-corrected chi connectivity index (χ3v) is 7.50. The number of hydrogen-bond donors (Lipinski definition) is 2. The molecule has 0 saturated carbocycles. The van der Waals surface area contributed by atoms with Crippen LogP contribution in [0.5, 0.6) is 0 Å². The molecule has 0 spiro atoms. The van der Waals surface area contributed by atoms with Crippen molar-refractivity contribution in [1.29, 1.82) is 0 Å². The van der Waals surface area contributed by atoms with Crippen molar-refractivity contribution in [3.63, 3.8) is 0 Å². The Kier molecular flexibility index (Phi) is 9.22. The van der Waals surface area contributed by atoms with Crippen LogP contribution in [0, 0.1) is 0 Å². The van der Waals surface area contributed by atoms with Crippen LogP contribution in [0.3, 0.4) is 0 Å². The average Bonchev–Trinajstić information content (AvgIpc) is 3.18. The van der Waals surface area contributed by atoms with Gasteiger partial charge in [-0.25, -0.2) is 4.79 Å². The zero-order chi connectivity index (χ0) is 24.0.